The van der Waals surface area contributed by atoms with Gasteiger partial charge in [0, 0.05) is 31.0 Å². The number of carbonyl (C=O) groups excluding carboxylic acids is 1. The van der Waals surface area contributed by atoms with E-state index in [0.717, 1.165) is 42.1 Å². The molecule has 2 aromatic carbocycles. The van der Waals surface area contributed by atoms with Crippen LogP contribution in [-0.4, -0.2) is 32.3 Å². The average molecular weight is 382 g/mol. The van der Waals surface area contributed by atoms with Crippen molar-refractivity contribution in [2.75, 3.05) is 36.5 Å². The second-order valence-corrected chi connectivity index (χ2v) is 7.40. The Morgan fingerprint density at radius 3 is 2.36 bits per heavy atom. The highest BCUT2D eigenvalue weighted by atomic mass is 16.5. The number of para-hydroxylation sites is 1. The van der Waals surface area contributed by atoms with E-state index in [1.54, 1.807) is 0 Å². The minimum absolute atomic E-state index is 0.183. The number of rotatable bonds is 7. The van der Waals surface area contributed by atoms with E-state index >= 15 is 0 Å². The van der Waals surface area contributed by atoms with Crippen LogP contribution in [0.4, 0.5) is 16.2 Å². The number of urea groups is 1. The minimum Gasteiger partial charge on any atom is -0.493 e. The van der Waals surface area contributed by atoms with Crippen LogP contribution in [0.15, 0.2) is 42.5 Å². The summed E-state index contributed by atoms with van der Waals surface area (Å²) in [4.78, 5) is 14.5. The number of nitrogens with one attached hydrogen (secondary N) is 2. The van der Waals surface area contributed by atoms with Gasteiger partial charge in [-0.1, -0.05) is 18.2 Å². The summed E-state index contributed by atoms with van der Waals surface area (Å²) in [6, 6.07) is 14.0. The van der Waals surface area contributed by atoms with Crippen molar-refractivity contribution in [3.8, 4) is 5.75 Å². The number of piperidine rings is 1. The lowest BCUT2D eigenvalue weighted by atomic mass is 10.1. The maximum absolute atomic E-state index is 12.1. The normalized spacial score (nSPS) is 13.9. The number of aryl methyl sites for hydroxylation is 2. The number of nitrogens with zero attached hydrogens (tertiary/aromatic N) is 1. The zero-order chi connectivity index (χ0) is 19.8. The standard InChI is InChI=1S/C23H31N3O2/c1-18-8-6-9-19(2)22(18)28-17-7-14-24-23(27)25-20-10-12-21(13-11-20)26-15-4-3-5-16-26/h6,8-13H,3-5,7,14-17H2,1-2H3,(H2,24,25,27). The highest BCUT2D eigenvalue weighted by Crippen LogP contribution is 2.23. The quantitative estimate of drug-likeness (QED) is 0.672. The van der Waals surface area contributed by atoms with Crippen LogP contribution in [-0.2, 0) is 0 Å². The number of hydrogen-bond acceptors (Lipinski definition) is 3. The molecule has 0 bridgehead atoms. The summed E-state index contributed by atoms with van der Waals surface area (Å²) >= 11 is 0. The molecule has 2 aromatic rings. The third kappa shape index (κ3) is 5.65. The van der Waals surface area contributed by atoms with Gasteiger partial charge in [0.25, 0.3) is 0 Å². The fraction of sp³-hybridized carbons (Fsp3) is 0.435. The number of benzene rings is 2. The third-order valence-corrected chi connectivity index (χ3v) is 5.11. The molecule has 3 rings (SSSR count). The van der Waals surface area contributed by atoms with Crippen LogP contribution in [0.25, 0.3) is 0 Å². The van der Waals surface area contributed by atoms with E-state index in [2.05, 4.69) is 27.7 Å². The molecule has 5 nitrogen and oxygen atoms in total. The van der Waals surface area contributed by atoms with Crippen LogP contribution in [0, 0.1) is 13.8 Å². The topological polar surface area (TPSA) is 53.6 Å². The Bertz CT molecular complexity index is 748. The van der Waals surface area contributed by atoms with Gasteiger partial charge in [-0.2, -0.15) is 0 Å². The minimum atomic E-state index is -0.183. The molecule has 0 aromatic heterocycles. The van der Waals surface area contributed by atoms with Gasteiger partial charge in [0.2, 0.25) is 0 Å². The molecule has 28 heavy (non-hydrogen) atoms. The first kappa shape index (κ1) is 20.1. The van der Waals surface area contributed by atoms with Gasteiger partial charge in [-0.25, -0.2) is 4.79 Å². The van der Waals surface area contributed by atoms with E-state index in [4.69, 9.17) is 4.74 Å². The molecule has 1 heterocycles. The van der Waals surface area contributed by atoms with Crippen molar-refractivity contribution in [2.24, 2.45) is 0 Å². The largest absolute Gasteiger partial charge is 0.493 e. The molecule has 1 aliphatic rings. The first-order valence-corrected chi connectivity index (χ1v) is 10.2. The van der Waals surface area contributed by atoms with E-state index in [-0.39, 0.29) is 6.03 Å². The first-order chi connectivity index (χ1) is 13.6. The predicted octanol–water partition coefficient (Wildman–Crippen LogP) is 4.88. The van der Waals surface area contributed by atoms with Crippen molar-refractivity contribution < 1.29 is 9.53 Å². The summed E-state index contributed by atoms with van der Waals surface area (Å²) in [6.45, 7) is 7.49. The van der Waals surface area contributed by atoms with Gasteiger partial charge in [-0.3, -0.25) is 0 Å². The number of ether oxygens (including phenoxy) is 1. The lowest BCUT2D eigenvalue weighted by Gasteiger charge is -2.28. The monoisotopic (exact) mass is 381 g/mol. The van der Waals surface area contributed by atoms with E-state index in [1.807, 2.05) is 44.2 Å². The summed E-state index contributed by atoms with van der Waals surface area (Å²) in [6.07, 6.45) is 4.60. The molecule has 2 amide bonds. The highest BCUT2D eigenvalue weighted by Gasteiger charge is 2.11. The molecular formula is C23H31N3O2. The first-order valence-electron chi connectivity index (χ1n) is 10.2. The third-order valence-electron chi connectivity index (χ3n) is 5.11. The summed E-state index contributed by atoms with van der Waals surface area (Å²) in [5.74, 6) is 0.945. The van der Waals surface area contributed by atoms with Crippen LogP contribution in [0.1, 0.15) is 36.8 Å². The summed E-state index contributed by atoms with van der Waals surface area (Å²) in [7, 11) is 0. The number of carbonyl (C=O) groups is 1. The van der Waals surface area contributed by atoms with E-state index in [1.165, 1.54) is 24.9 Å². The molecule has 0 atom stereocenters. The molecule has 0 unspecified atom stereocenters. The fourth-order valence-electron chi connectivity index (χ4n) is 3.56. The van der Waals surface area contributed by atoms with Crippen molar-refractivity contribution in [2.45, 2.75) is 39.5 Å². The molecular weight excluding hydrogens is 350 g/mol. The summed E-state index contributed by atoms with van der Waals surface area (Å²) in [5, 5.41) is 5.77. The zero-order valence-corrected chi connectivity index (χ0v) is 17.0. The Hall–Kier alpha value is -2.69. The Kier molecular flexibility index (Phi) is 7.18. The molecule has 2 N–H and O–H groups in total. The van der Waals surface area contributed by atoms with Crippen molar-refractivity contribution in [3.63, 3.8) is 0 Å². The second-order valence-electron chi connectivity index (χ2n) is 7.40. The number of hydrogen-bond donors (Lipinski definition) is 2. The van der Waals surface area contributed by atoms with Crippen molar-refractivity contribution >= 4 is 17.4 Å². The van der Waals surface area contributed by atoms with E-state index in [0.29, 0.717) is 13.2 Å². The molecule has 0 radical (unpaired) electrons. The van der Waals surface area contributed by atoms with E-state index in [9.17, 15) is 4.79 Å². The van der Waals surface area contributed by atoms with Crippen LogP contribution in [0.3, 0.4) is 0 Å². The molecule has 5 heteroatoms. The molecule has 1 fully saturated rings. The number of anilines is 2. The Labute approximate surface area is 168 Å². The summed E-state index contributed by atoms with van der Waals surface area (Å²) in [5.41, 5.74) is 4.32. The SMILES string of the molecule is Cc1cccc(C)c1OCCCNC(=O)Nc1ccc(N2CCCCC2)cc1. The zero-order valence-electron chi connectivity index (χ0n) is 17.0. The van der Waals surface area contributed by atoms with Crippen LogP contribution in [0.5, 0.6) is 5.75 Å². The predicted molar refractivity (Wildman–Crippen MR) is 116 cm³/mol. The van der Waals surface area contributed by atoms with Crippen molar-refractivity contribution in [1.82, 2.24) is 5.32 Å². The van der Waals surface area contributed by atoms with Gasteiger partial charge in [0.1, 0.15) is 5.75 Å². The lowest BCUT2D eigenvalue weighted by molar-refractivity contribution is 0.250. The van der Waals surface area contributed by atoms with Gasteiger partial charge in [0.15, 0.2) is 0 Å². The maximum Gasteiger partial charge on any atom is 0.319 e. The Morgan fingerprint density at radius 1 is 1.00 bits per heavy atom. The second kappa shape index (κ2) is 10.0. The van der Waals surface area contributed by atoms with E-state index < -0.39 is 0 Å². The van der Waals surface area contributed by atoms with Crippen LogP contribution < -0.4 is 20.3 Å². The van der Waals surface area contributed by atoms with Gasteiger partial charge in [-0.05, 0) is 74.9 Å². The lowest BCUT2D eigenvalue weighted by Crippen LogP contribution is -2.30. The highest BCUT2D eigenvalue weighted by molar-refractivity contribution is 5.89. The maximum atomic E-state index is 12.1. The fourth-order valence-corrected chi connectivity index (χ4v) is 3.56. The average Bonchev–Trinajstić information content (AvgIpc) is 2.71. The van der Waals surface area contributed by atoms with Crippen molar-refractivity contribution in [3.05, 3.63) is 53.6 Å². The molecule has 0 saturated carbocycles. The molecule has 150 valence electrons. The van der Waals surface area contributed by atoms with Gasteiger partial charge in [-0.15, -0.1) is 0 Å². The molecule has 1 aliphatic heterocycles. The molecule has 0 aliphatic carbocycles. The van der Waals surface area contributed by atoms with Gasteiger partial charge in [0.05, 0.1) is 6.61 Å². The number of amides is 2. The van der Waals surface area contributed by atoms with Gasteiger partial charge < -0.3 is 20.3 Å². The van der Waals surface area contributed by atoms with Crippen LogP contribution in [0.2, 0.25) is 0 Å². The smallest absolute Gasteiger partial charge is 0.319 e. The van der Waals surface area contributed by atoms with Gasteiger partial charge >= 0.3 is 6.03 Å². The summed E-state index contributed by atoms with van der Waals surface area (Å²) < 4.78 is 5.86. The Morgan fingerprint density at radius 2 is 1.68 bits per heavy atom. The molecule has 1 saturated heterocycles. The Balaban J connectivity index is 1.36. The van der Waals surface area contributed by atoms with Crippen molar-refractivity contribution in [1.29, 1.82) is 0 Å². The van der Waals surface area contributed by atoms with Crippen LogP contribution >= 0.6 is 0 Å². The molecule has 0 spiro atoms.